The van der Waals surface area contributed by atoms with Crippen molar-refractivity contribution in [2.75, 3.05) is 0 Å². The van der Waals surface area contributed by atoms with Gasteiger partial charge in [-0.25, -0.2) is 4.90 Å². The van der Waals surface area contributed by atoms with Gasteiger partial charge in [0.05, 0.1) is 0 Å². The van der Waals surface area contributed by atoms with E-state index in [2.05, 4.69) is 6.92 Å². The second kappa shape index (κ2) is 13.1. The normalized spacial score (nSPS) is 14.6. The molecule has 0 aromatic heterocycles. The van der Waals surface area contributed by atoms with E-state index in [-0.39, 0.29) is 30.6 Å². The summed E-state index contributed by atoms with van der Waals surface area (Å²) in [5, 5.41) is 0. The molecule has 3 amide bonds. The number of hydrogen-bond donors (Lipinski definition) is 0. The fourth-order valence-electron chi connectivity index (χ4n) is 3.26. The van der Waals surface area contributed by atoms with E-state index in [9.17, 15) is 14.4 Å². The van der Waals surface area contributed by atoms with Crippen molar-refractivity contribution >= 4 is 17.7 Å². The number of unbranched alkanes of at least 4 members (excludes halogenated alkanes) is 12. The maximum atomic E-state index is 11.9. The van der Waals surface area contributed by atoms with E-state index in [4.69, 9.17) is 0 Å². The first kappa shape index (κ1) is 20.9. The molecule has 1 saturated heterocycles. The molecule has 0 N–H and O–H groups in total. The van der Waals surface area contributed by atoms with Gasteiger partial charge in [-0.2, -0.15) is 0 Å². The molecule has 0 unspecified atom stereocenters. The van der Waals surface area contributed by atoms with Gasteiger partial charge in [-0.3, -0.25) is 14.4 Å². The third-order valence-electron chi connectivity index (χ3n) is 4.80. The molecule has 138 valence electrons. The number of carbonyl (C=O) groups is 3. The summed E-state index contributed by atoms with van der Waals surface area (Å²) in [5.74, 6) is -0.940. The van der Waals surface area contributed by atoms with Crippen molar-refractivity contribution in [1.29, 1.82) is 0 Å². The summed E-state index contributed by atoms with van der Waals surface area (Å²) in [6, 6.07) is 0. The first-order chi connectivity index (χ1) is 11.7. The van der Waals surface area contributed by atoms with Gasteiger partial charge < -0.3 is 0 Å². The molecule has 1 aliphatic rings. The lowest BCUT2D eigenvalue weighted by molar-refractivity contribution is -0.149. The SMILES string of the molecule is CCCCCCCCCCCCCCCC(=O)N1C(=O)CCC1=O. The molecule has 0 aromatic carbocycles. The van der Waals surface area contributed by atoms with E-state index in [1.54, 1.807) is 0 Å². The average molecular weight is 338 g/mol. The summed E-state index contributed by atoms with van der Waals surface area (Å²) in [4.78, 5) is 35.6. The largest absolute Gasteiger partial charge is 0.274 e. The predicted molar refractivity (Wildman–Crippen MR) is 96.4 cm³/mol. The van der Waals surface area contributed by atoms with Crippen molar-refractivity contribution in [2.45, 2.75) is 110 Å². The molecule has 24 heavy (non-hydrogen) atoms. The van der Waals surface area contributed by atoms with Crippen LogP contribution in [0.15, 0.2) is 0 Å². The smallest absolute Gasteiger partial charge is 0.236 e. The van der Waals surface area contributed by atoms with Gasteiger partial charge in [-0.15, -0.1) is 0 Å². The molecule has 0 spiro atoms. The Bertz CT molecular complexity index is 376. The van der Waals surface area contributed by atoms with E-state index in [0.717, 1.165) is 24.2 Å². The highest BCUT2D eigenvalue weighted by Gasteiger charge is 2.33. The summed E-state index contributed by atoms with van der Waals surface area (Å²) >= 11 is 0. The Morgan fingerprint density at radius 1 is 0.708 bits per heavy atom. The Balaban J connectivity index is 1.86. The standard InChI is InChI=1S/C20H35NO3/c1-2-3-4-5-6-7-8-9-10-11-12-13-14-15-18(22)21-19(23)16-17-20(21)24/h2-17H2,1H3. The Kier molecular flexibility index (Phi) is 11.4. The van der Waals surface area contributed by atoms with Crippen LogP contribution in [0.1, 0.15) is 110 Å². The topological polar surface area (TPSA) is 54.5 Å². The lowest BCUT2D eigenvalue weighted by atomic mass is 10.0. The maximum Gasteiger partial charge on any atom is 0.236 e. The van der Waals surface area contributed by atoms with E-state index in [0.29, 0.717) is 6.42 Å². The van der Waals surface area contributed by atoms with Gasteiger partial charge in [0.15, 0.2) is 0 Å². The minimum absolute atomic E-state index is 0.198. The van der Waals surface area contributed by atoms with Crippen LogP contribution in [0.25, 0.3) is 0 Å². The molecule has 1 aliphatic heterocycles. The predicted octanol–water partition coefficient (Wildman–Crippen LogP) is 5.14. The van der Waals surface area contributed by atoms with Gasteiger partial charge >= 0.3 is 0 Å². The second-order valence-corrected chi connectivity index (χ2v) is 7.01. The number of rotatable bonds is 14. The molecule has 0 aromatic rings. The first-order valence-electron chi connectivity index (χ1n) is 10.1. The minimum atomic E-state index is -0.320. The van der Waals surface area contributed by atoms with Gasteiger partial charge in [0.2, 0.25) is 17.7 Å². The zero-order chi connectivity index (χ0) is 17.6. The molecule has 4 nitrogen and oxygen atoms in total. The Morgan fingerprint density at radius 3 is 1.50 bits per heavy atom. The zero-order valence-corrected chi connectivity index (χ0v) is 15.5. The second-order valence-electron chi connectivity index (χ2n) is 7.01. The number of hydrogen-bond acceptors (Lipinski definition) is 3. The molecule has 0 bridgehead atoms. The Hall–Kier alpha value is -1.19. The van der Waals surface area contributed by atoms with Crippen molar-refractivity contribution in [2.24, 2.45) is 0 Å². The van der Waals surface area contributed by atoms with Crippen molar-refractivity contribution in [1.82, 2.24) is 4.90 Å². The molecule has 0 aliphatic carbocycles. The fourth-order valence-corrected chi connectivity index (χ4v) is 3.26. The van der Waals surface area contributed by atoms with Gasteiger partial charge in [-0.05, 0) is 6.42 Å². The van der Waals surface area contributed by atoms with Crippen LogP contribution in [0, 0.1) is 0 Å². The van der Waals surface area contributed by atoms with E-state index < -0.39 is 0 Å². The fraction of sp³-hybridized carbons (Fsp3) is 0.850. The number of nitrogens with zero attached hydrogens (tertiary/aromatic N) is 1. The van der Waals surface area contributed by atoms with E-state index >= 15 is 0 Å². The lowest BCUT2D eigenvalue weighted by Crippen LogP contribution is -2.35. The molecular formula is C20H35NO3. The summed E-state index contributed by atoms with van der Waals surface area (Å²) in [7, 11) is 0. The number of likely N-dealkylation sites (tertiary alicyclic amines) is 1. The third-order valence-corrected chi connectivity index (χ3v) is 4.80. The number of imide groups is 3. The molecular weight excluding hydrogens is 302 g/mol. The van der Waals surface area contributed by atoms with Crippen LogP contribution in [-0.4, -0.2) is 22.6 Å². The molecule has 1 heterocycles. The lowest BCUT2D eigenvalue weighted by Gasteiger charge is -2.11. The van der Waals surface area contributed by atoms with Crippen LogP contribution in [0.5, 0.6) is 0 Å². The monoisotopic (exact) mass is 337 g/mol. The quantitative estimate of drug-likeness (QED) is 0.325. The Labute approximate surface area is 147 Å². The summed E-state index contributed by atoms with van der Waals surface area (Å²) < 4.78 is 0. The molecule has 1 rings (SSSR count). The van der Waals surface area contributed by atoms with Gasteiger partial charge in [0.1, 0.15) is 0 Å². The van der Waals surface area contributed by atoms with E-state index in [1.165, 1.54) is 64.2 Å². The van der Waals surface area contributed by atoms with Gasteiger partial charge in [0.25, 0.3) is 0 Å². The maximum absolute atomic E-state index is 11.9. The molecule has 4 heteroatoms. The number of carbonyl (C=O) groups excluding carboxylic acids is 3. The van der Waals surface area contributed by atoms with Gasteiger partial charge in [0, 0.05) is 19.3 Å². The highest BCUT2D eigenvalue weighted by atomic mass is 16.2. The molecule has 0 saturated carbocycles. The molecule has 0 radical (unpaired) electrons. The number of amides is 3. The summed E-state index contributed by atoms with van der Waals surface area (Å²) in [6.07, 6.45) is 17.1. The van der Waals surface area contributed by atoms with E-state index in [1.807, 2.05) is 0 Å². The zero-order valence-electron chi connectivity index (χ0n) is 15.5. The average Bonchev–Trinajstić information content (AvgIpc) is 2.90. The van der Waals surface area contributed by atoms with Crippen molar-refractivity contribution in [3.05, 3.63) is 0 Å². The first-order valence-corrected chi connectivity index (χ1v) is 10.1. The highest BCUT2D eigenvalue weighted by Crippen LogP contribution is 2.16. The van der Waals surface area contributed by atoms with Crippen LogP contribution in [0.4, 0.5) is 0 Å². The van der Waals surface area contributed by atoms with Crippen LogP contribution in [-0.2, 0) is 14.4 Å². The Morgan fingerprint density at radius 2 is 1.08 bits per heavy atom. The van der Waals surface area contributed by atoms with Crippen LogP contribution < -0.4 is 0 Å². The third kappa shape index (κ3) is 8.60. The molecule has 0 atom stereocenters. The molecule has 1 fully saturated rings. The summed E-state index contributed by atoms with van der Waals surface area (Å²) in [5.41, 5.74) is 0. The summed E-state index contributed by atoms with van der Waals surface area (Å²) in [6.45, 7) is 2.25. The van der Waals surface area contributed by atoms with Crippen molar-refractivity contribution < 1.29 is 14.4 Å². The van der Waals surface area contributed by atoms with Crippen LogP contribution in [0.3, 0.4) is 0 Å². The van der Waals surface area contributed by atoms with Crippen molar-refractivity contribution in [3.8, 4) is 0 Å². The highest BCUT2D eigenvalue weighted by molar-refractivity contribution is 6.14. The minimum Gasteiger partial charge on any atom is -0.274 e. The van der Waals surface area contributed by atoms with Crippen molar-refractivity contribution in [3.63, 3.8) is 0 Å². The van der Waals surface area contributed by atoms with Crippen LogP contribution in [0.2, 0.25) is 0 Å². The van der Waals surface area contributed by atoms with Crippen LogP contribution >= 0.6 is 0 Å². The van der Waals surface area contributed by atoms with Gasteiger partial charge in [-0.1, -0.05) is 84.0 Å².